The predicted molar refractivity (Wildman–Crippen MR) is 138 cm³/mol. The molecule has 0 bridgehead atoms. The van der Waals surface area contributed by atoms with Crippen molar-refractivity contribution < 1.29 is 18.3 Å². The van der Waals surface area contributed by atoms with E-state index in [1.165, 1.54) is 6.26 Å². The molecular weight excluding hydrogens is 488 g/mol. The van der Waals surface area contributed by atoms with E-state index in [2.05, 4.69) is 15.6 Å². The average molecular weight is 525 g/mol. The van der Waals surface area contributed by atoms with Crippen LogP contribution in [0.15, 0.2) is 18.2 Å². The van der Waals surface area contributed by atoms with Gasteiger partial charge in [-0.1, -0.05) is 24.1 Å². The maximum atomic E-state index is 12.3. The van der Waals surface area contributed by atoms with Crippen LogP contribution >= 0.6 is 11.6 Å². The topological polar surface area (TPSA) is 87.9 Å². The third-order valence-electron chi connectivity index (χ3n) is 6.94. The van der Waals surface area contributed by atoms with E-state index in [0.717, 1.165) is 105 Å². The number of aromatic nitrogens is 2. The maximum absolute atomic E-state index is 12.3. The minimum Gasteiger partial charge on any atom is -0.396 e. The molecule has 0 unspecified atom stereocenters. The maximum Gasteiger partial charge on any atom is 0.211 e. The van der Waals surface area contributed by atoms with Crippen LogP contribution in [-0.4, -0.2) is 84.8 Å². The predicted octanol–water partition coefficient (Wildman–Crippen LogP) is 2.95. The van der Waals surface area contributed by atoms with Gasteiger partial charge in [0.2, 0.25) is 10.0 Å². The first-order valence-electron chi connectivity index (χ1n) is 12.6. The van der Waals surface area contributed by atoms with Crippen molar-refractivity contribution in [1.82, 2.24) is 19.0 Å². The molecule has 35 heavy (non-hydrogen) atoms. The van der Waals surface area contributed by atoms with Crippen LogP contribution in [0.5, 0.6) is 0 Å². The Kier molecular flexibility index (Phi) is 9.24. The zero-order valence-electron chi connectivity index (χ0n) is 20.6. The summed E-state index contributed by atoms with van der Waals surface area (Å²) in [4.78, 5) is 2.42. The first kappa shape index (κ1) is 26.6. The Morgan fingerprint density at radius 3 is 2.63 bits per heavy atom. The number of halogens is 1. The second-order valence-corrected chi connectivity index (χ2v) is 11.9. The molecule has 2 aromatic rings. The molecule has 1 fully saturated rings. The molecule has 0 spiro atoms. The smallest absolute Gasteiger partial charge is 0.211 e. The van der Waals surface area contributed by atoms with E-state index in [1.807, 2.05) is 12.1 Å². The van der Waals surface area contributed by atoms with Crippen LogP contribution < -0.4 is 0 Å². The normalized spacial score (nSPS) is 17.6. The third-order valence-corrected chi connectivity index (χ3v) is 8.56. The van der Waals surface area contributed by atoms with Gasteiger partial charge in [-0.25, -0.2) is 8.42 Å². The molecule has 0 radical (unpaired) electrons. The zero-order valence-corrected chi connectivity index (χ0v) is 22.2. The van der Waals surface area contributed by atoms with Crippen LogP contribution in [-0.2, 0) is 40.7 Å². The lowest BCUT2D eigenvalue weighted by atomic mass is 9.98. The van der Waals surface area contributed by atoms with Gasteiger partial charge in [-0.05, 0) is 43.4 Å². The largest absolute Gasteiger partial charge is 0.396 e. The highest BCUT2D eigenvalue weighted by atomic mass is 35.5. The fourth-order valence-corrected chi connectivity index (χ4v) is 5.95. The molecule has 3 heterocycles. The number of morpholine rings is 1. The van der Waals surface area contributed by atoms with Gasteiger partial charge >= 0.3 is 0 Å². The summed E-state index contributed by atoms with van der Waals surface area (Å²) in [5.74, 6) is 0. The number of hydrogen-bond donors (Lipinski definition) is 1. The number of benzene rings is 1. The van der Waals surface area contributed by atoms with Crippen molar-refractivity contribution in [3.05, 3.63) is 40.0 Å². The van der Waals surface area contributed by atoms with Gasteiger partial charge in [-0.3, -0.25) is 9.58 Å². The van der Waals surface area contributed by atoms with Gasteiger partial charge in [0.15, 0.2) is 0 Å². The summed E-state index contributed by atoms with van der Waals surface area (Å²) in [5.41, 5.74) is 5.04. The van der Waals surface area contributed by atoms with Crippen LogP contribution in [0, 0.1) is 0 Å². The number of fused-ring (bicyclic) bond motifs is 1. The Bertz CT molecular complexity index is 1100. The number of ether oxygens (including phenoxy) is 1. The van der Waals surface area contributed by atoms with E-state index in [-0.39, 0.29) is 6.61 Å². The molecule has 0 amide bonds. The molecule has 0 saturated carbocycles. The van der Waals surface area contributed by atoms with E-state index < -0.39 is 10.0 Å². The number of aliphatic hydroxyl groups excluding tert-OH is 1. The van der Waals surface area contributed by atoms with Crippen molar-refractivity contribution in [2.45, 2.75) is 51.6 Å². The lowest BCUT2D eigenvalue weighted by Crippen LogP contribution is -2.37. The highest BCUT2D eigenvalue weighted by Gasteiger charge is 2.30. The van der Waals surface area contributed by atoms with Crippen molar-refractivity contribution in [3.63, 3.8) is 0 Å². The van der Waals surface area contributed by atoms with Crippen molar-refractivity contribution in [3.8, 4) is 11.3 Å². The van der Waals surface area contributed by atoms with Gasteiger partial charge in [0.25, 0.3) is 0 Å². The molecule has 10 heteroatoms. The van der Waals surface area contributed by atoms with E-state index >= 15 is 0 Å². The first-order valence-corrected chi connectivity index (χ1v) is 14.8. The molecule has 0 aliphatic carbocycles. The Balaban J connectivity index is 1.58. The van der Waals surface area contributed by atoms with Crippen LogP contribution in [0.2, 0.25) is 5.02 Å². The van der Waals surface area contributed by atoms with E-state index in [9.17, 15) is 8.42 Å². The summed E-state index contributed by atoms with van der Waals surface area (Å²) in [5, 5.41) is 14.8. The van der Waals surface area contributed by atoms with Gasteiger partial charge in [-0.2, -0.15) is 9.40 Å². The van der Waals surface area contributed by atoms with Crippen LogP contribution in [0.4, 0.5) is 0 Å². The molecule has 8 nitrogen and oxygen atoms in total. The number of nitrogens with zero attached hydrogens (tertiary/aromatic N) is 4. The van der Waals surface area contributed by atoms with Crippen molar-refractivity contribution in [2.24, 2.45) is 0 Å². The molecule has 1 saturated heterocycles. The molecule has 1 aromatic heterocycles. The zero-order chi connectivity index (χ0) is 24.8. The Morgan fingerprint density at radius 2 is 1.89 bits per heavy atom. The second-order valence-electron chi connectivity index (χ2n) is 9.49. The number of aryl methyl sites for hydroxylation is 2. The lowest BCUT2D eigenvalue weighted by Gasteiger charge is -2.27. The summed E-state index contributed by atoms with van der Waals surface area (Å²) in [6.45, 7) is 6.37. The van der Waals surface area contributed by atoms with Crippen LogP contribution in [0.3, 0.4) is 0 Å². The summed E-state index contributed by atoms with van der Waals surface area (Å²) >= 11 is 6.49. The standard InChI is InChI=1S/C25H37ClN4O4S/c1-35(32,33)29-12-9-24-22(19-29)25(27-30(24)11-5-10-28-13-16-34-17-14-28)21-7-8-23(26)20(18-21)6-3-2-4-15-31/h7-8,18,31H,2-6,9-17,19H2,1H3. The van der Waals surface area contributed by atoms with Gasteiger partial charge in [0.1, 0.15) is 0 Å². The number of rotatable bonds is 11. The average Bonchev–Trinajstić information content (AvgIpc) is 3.21. The Hall–Kier alpha value is -1.49. The number of hydrogen-bond acceptors (Lipinski definition) is 6. The number of unbranched alkanes of at least 4 members (excludes halogenated alkanes) is 2. The van der Waals surface area contributed by atoms with Gasteiger partial charge in [-0.15, -0.1) is 0 Å². The Labute approximate surface area is 213 Å². The SMILES string of the molecule is CS(=O)(=O)N1CCc2c(c(-c3ccc(Cl)c(CCCCCO)c3)nn2CCCN2CCOCC2)C1. The molecule has 0 atom stereocenters. The molecule has 2 aliphatic heterocycles. The van der Waals surface area contributed by atoms with Crippen LogP contribution in [0.1, 0.15) is 42.5 Å². The van der Waals surface area contributed by atoms with Crippen molar-refractivity contribution >= 4 is 21.6 Å². The fraction of sp³-hybridized carbons (Fsp3) is 0.640. The van der Waals surface area contributed by atoms with E-state index in [1.54, 1.807) is 4.31 Å². The Morgan fingerprint density at radius 1 is 1.09 bits per heavy atom. The molecule has 4 rings (SSSR count). The minimum absolute atomic E-state index is 0.208. The highest BCUT2D eigenvalue weighted by Crippen LogP contribution is 2.33. The van der Waals surface area contributed by atoms with E-state index in [0.29, 0.717) is 19.5 Å². The summed E-state index contributed by atoms with van der Waals surface area (Å²) in [6.07, 6.45) is 6.46. The summed E-state index contributed by atoms with van der Waals surface area (Å²) in [7, 11) is -3.29. The highest BCUT2D eigenvalue weighted by molar-refractivity contribution is 7.88. The third kappa shape index (κ3) is 6.84. The monoisotopic (exact) mass is 524 g/mol. The van der Waals surface area contributed by atoms with Crippen LogP contribution in [0.25, 0.3) is 11.3 Å². The fourth-order valence-electron chi connectivity index (χ4n) is 4.95. The van der Waals surface area contributed by atoms with Gasteiger partial charge in [0, 0.05) is 74.1 Å². The number of sulfonamides is 1. The molecule has 1 N–H and O–H groups in total. The minimum atomic E-state index is -3.29. The van der Waals surface area contributed by atoms with Gasteiger partial charge < -0.3 is 9.84 Å². The molecule has 1 aromatic carbocycles. The molecular formula is C25H37ClN4O4S. The quantitative estimate of drug-likeness (QED) is 0.455. The first-order chi connectivity index (χ1) is 16.9. The summed E-state index contributed by atoms with van der Waals surface area (Å²) in [6, 6.07) is 6.00. The second kappa shape index (κ2) is 12.2. The van der Waals surface area contributed by atoms with E-state index in [4.69, 9.17) is 26.5 Å². The molecule has 2 aliphatic rings. The molecule has 194 valence electrons. The van der Waals surface area contributed by atoms with Crippen molar-refractivity contribution in [2.75, 3.05) is 52.3 Å². The van der Waals surface area contributed by atoms with Gasteiger partial charge in [0.05, 0.1) is 25.2 Å². The summed E-state index contributed by atoms with van der Waals surface area (Å²) < 4.78 is 33.7. The van der Waals surface area contributed by atoms with Crippen molar-refractivity contribution in [1.29, 1.82) is 0 Å². The number of aliphatic hydroxyl groups is 1. The lowest BCUT2D eigenvalue weighted by molar-refractivity contribution is 0.0368.